The maximum absolute atomic E-state index is 5.91. The van der Waals surface area contributed by atoms with Crippen molar-refractivity contribution >= 4 is 11.5 Å². The Balaban J connectivity index is 1.74. The molecular weight excluding hydrogens is 254 g/mol. The van der Waals surface area contributed by atoms with Crippen molar-refractivity contribution in [3.8, 4) is 5.88 Å². The second kappa shape index (κ2) is 5.16. The Bertz CT molecular complexity index is 737. The zero-order valence-electron chi connectivity index (χ0n) is 11.2. The van der Waals surface area contributed by atoms with E-state index in [0.29, 0.717) is 18.3 Å². The van der Waals surface area contributed by atoms with Crippen LogP contribution in [0, 0.1) is 6.92 Å². The Morgan fingerprint density at radius 1 is 1.30 bits per heavy atom. The summed E-state index contributed by atoms with van der Waals surface area (Å²) < 4.78 is 7.37. The van der Waals surface area contributed by atoms with Gasteiger partial charge in [0.2, 0.25) is 5.88 Å². The molecule has 0 unspecified atom stereocenters. The molecule has 2 N–H and O–H groups in total. The van der Waals surface area contributed by atoms with Crippen LogP contribution in [0.4, 0.5) is 5.69 Å². The summed E-state index contributed by atoms with van der Waals surface area (Å²) in [5.41, 5.74) is 8.61. The van der Waals surface area contributed by atoms with Crippen LogP contribution in [0.1, 0.15) is 11.3 Å². The third-order valence-corrected chi connectivity index (χ3v) is 3.02. The van der Waals surface area contributed by atoms with Crippen LogP contribution in [0.3, 0.4) is 0 Å². The standard InChI is InChI=1S/C14H15N5O/c1-10-8-13(19-14(18-10)16-9-17-19)20-7-6-11-4-2-3-5-12(11)15/h2-5,8-9H,6-7,15H2,1H3. The average Bonchev–Trinajstić information content (AvgIpc) is 2.89. The van der Waals surface area contributed by atoms with Gasteiger partial charge in [0.1, 0.15) is 6.33 Å². The molecule has 0 radical (unpaired) electrons. The number of anilines is 1. The first-order valence-electron chi connectivity index (χ1n) is 6.37. The first-order valence-corrected chi connectivity index (χ1v) is 6.37. The summed E-state index contributed by atoms with van der Waals surface area (Å²) in [7, 11) is 0. The number of hydrogen-bond acceptors (Lipinski definition) is 5. The van der Waals surface area contributed by atoms with Crippen LogP contribution < -0.4 is 10.5 Å². The molecule has 0 fully saturated rings. The van der Waals surface area contributed by atoms with Crippen molar-refractivity contribution in [3.05, 3.63) is 47.9 Å². The molecule has 6 nitrogen and oxygen atoms in total. The molecule has 6 heteroatoms. The number of hydrogen-bond donors (Lipinski definition) is 1. The fourth-order valence-corrected chi connectivity index (χ4v) is 2.03. The minimum absolute atomic E-state index is 0.520. The molecule has 1 aromatic carbocycles. The van der Waals surface area contributed by atoms with Gasteiger partial charge >= 0.3 is 0 Å². The van der Waals surface area contributed by atoms with Crippen molar-refractivity contribution in [2.75, 3.05) is 12.3 Å². The highest BCUT2D eigenvalue weighted by Crippen LogP contribution is 2.15. The smallest absolute Gasteiger partial charge is 0.255 e. The first kappa shape index (κ1) is 12.4. The number of nitrogen functional groups attached to an aromatic ring is 1. The Hall–Kier alpha value is -2.63. The summed E-state index contributed by atoms with van der Waals surface area (Å²) in [4.78, 5) is 8.33. The molecule has 2 aromatic heterocycles. The molecule has 0 aliphatic rings. The highest BCUT2D eigenvalue weighted by Gasteiger charge is 2.07. The van der Waals surface area contributed by atoms with Crippen LogP contribution in [-0.2, 0) is 6.42 Å². The van der Waals surface area contributed by atoms with E-state index in [2.05, 4.69) is 15.1 Å². The lowest BCUT2D eigenvalue weighted by Gasteiger charge is -2.09. The minimum atomic E-state index is 0.520. The zero-order valence-corrected chi connectivity index (χ0v) is 11.2. The van der Waals surface area contributed by atoms with Crippen LogP contribution in [0.2, 0.25) is 0 Å². The van der Waals surface area contributed by atoms with Gasteiger partial charge in [-0.25, -0.2) is 4.98 Å². The number of ether oxygens (including phenoxy) is 1. The van der Waals surface area contributed by atoms with E-state index >= 15 is 0 Å². The van der Waals surface area contributed by atoms with Gasteiger partial charge in [-0.05, 0) is 18.6 Å². The lowest BCUT2D eigenvalue weighted by molar-refractivity contribution is 0.300. The quantitative estimate of drug-likeness (QED) is 0.728. The number of aryl methyl sites for hydroxylation is 1. The van der Waals surface area contributed by atoms with E-state index in [4.69, 9.17) is 10.5 Å². The van der Waals surface area contributed by atoms with Crippen LogP contribution in [0.15, 0.2) is 36.7 Å². The Morgan fingerprint density at radius 2 is 2.15 bits per heavy atom. The molecular formula is C14H15N5O. The molecule has 0 amide bonds. The third kappa shape index (κ3) is 2.40. The Kier molecular flexibility index (Phi) is 3.20. The summed E-state index contributed by atoms with van der Waals surface area (Å²) in [5, 5.41) is 4.10. The number of para-hydroxylation sites is 1. The van der Waals surface area contributed by atoms with Crippen LogP contribution in [0.5, 0.6) is 5.88 Å². The van der Waals surface area contributed by atoms with Gasteiger partial charge in [-0.2, -0.15) is 14.6 Å². The lowest BCUT2D eigenvalue weighted by Crippen LogP contribution is -2.08. The highest BCUT2D eigenvalue weighted by molar-refractivity contribution is 5.46. The topological polar surface area (TPSA) is 78.3 Å². The van der Waals surface area contributed by atoms with E-state index in [-0.39, 0.29) is 0 Å². The third-order valence-electron chi connectivity index (χ3n) is 3.02. The number of nitrogens with zero attached hydrogens (tertiary/aromatic N) is 4. The molecule has 0 atom stereocenters. The van der Waals surface area contributed by atoms with Gasteiger partial charge < -0.3 is 10.5 Å². The summed E-state index contributed by atoms with van der Waals surface area (Å²) in [6, 6.07) is 9.63. The fraction of sp³-hybridized carbons (Fsp3) is 0.214. The van der Waals surface area contributed by atoms with Crippen molar-refractivity contribution < 1.29 is 4.74 Å². The van der Waals surface area contributed by atoms with E-state index < -0.39 is 0 Å². The molecule has 102 valence electrons. The van der Waals surface area contributed by atoms with Gasteiger partial charge in [-0.3, -0.25) is 0 Å². The van der Waals surface area contributed by atoms with Crippen molar-refractivity contribution in [2.45, 2.75) is 13.3 Å². The van der Waals surface area contributed by atoms with Crippen molar-refractivity contribution in [1.29, 1.82) is 0 Å². The molecule has 20 heavy (non-hydrogen) atoms. The molecule has 3 aromatic rings. The summed E-state index contributed by atoms with van der Waals surface area (Å²) in [5.74, 6) is 1.18. The van der Waals surface area contributed by atoms with Crippen molar-refractivity contribution in [1.82, 2.24) is 19.6 Å². The molecule has 0 aliphatic carbocycles. The Labute approximate surface area is 116 Å². The van der Waals surface area contributed by atoms with Gasteiger partial charge in [0.05, 0.1) is 6.61 Å². The second-order valence-electron chi connectivity index (χ2n) is 4.50. The predicted octanol–water partition coefficient (Wildman–Crippen LogP) is 1.64. The van der Waals surface area contributed by atoms with Crippen LogP contribution >= 0.6 is 0 Å². The molecule has 0 bridgehead atoms. The van der Waals surface area contributed by atoms with Gasteiger partial charge in [0, 0.05) is 23.9 Å². The van der Waals surface area contributed by atoms with E-state index in [9.17, 15) is 0 Å². The summed E-state index contributed by atoms with van der Waals surface area (Å²) >= 11 is 0. The van der Waals surface area contributed by atoms with Crippen LogP contribution in [0.25, 0.3) is 5.78 Å². The first-order chi connectivity index (χ1) is 9.74. The Morgan fingerprint density at radius 3 is 3.00 bits per heavy atom. The molecule has 2 heterocycles. The van der Waals surface area contributed by atoms with Gasteiger partial charge in [0.25, 0.3) is 5.78 Å². The molecule has 0 spiro atoms. The van der Waals surface area contributed by atoms with Gasteiger partial charge in [0.15, 0.2) is 0 Å². The molecule has 0 aliphatic heterocycles. The van der Waals surface area contributed by atoms with Crippen LogP contribution in [-0.4, -0.2) is 26.2 Å². The zero-order chi connectivity index (χ0) is 13.9. The lowest BCUT2D eigenvalue weighted by atomic mass is 10.1. The van der Waals surface area contributed by atoms with Crippen molar-refractivity contribution in [2.24, 2.45) is 0 Å². The maximum Gasteiger partial charge on any atom is 0.255 e. The number of nitrogens with two attached hydrogens (primary N) is 1. The monoisotopic (exact) mass is 269 g/mol. The van der Waals surface area contributed by atoms with Gasteiger partial charge in [-0.15, -0.1) is 0 Å². The number of fused-ring (bicyclic) bond motifs is 1. The normalized spacial score (nSPS) is 10.8. The number of benzene rings is 1. The fourth-order valence-electron chi connectivity index (χ4n) is 2.03. The van der Waals surface area contributed by atoms with E-state index in [1.165, 1.54) is 6.33 Å². The SMILES string of the molecule is Cc1cc(OCCc2ccccc2N)n2ncnc2n1. The number of aromatic nitrogens is 4. The average molecular weight is 269 g/mol. The number of rotatable bonds is 4. The second-order valence-corrected chi connectivity index (χ2v) is 4.50. The van der Waals surface area contributed by atoms with E-state index in [1.54, 1.807) is 4.52 Å². The summed E-state index contributed by atoms with van der Waals surface area (Å²) in [6.45, 7) is 2.42. The molecule has 3 rings (SSSR count). The maximum atomic E-state index is 5.91. The summed E-state index contributed by atoms with van der Waals surface area (Å²) in [6.07, 6.45) is 2.20. The minimum Gasteiger partial charge on any atom is -0.477 e. The largest absolute Gasteiger partial charge is 0.477 e. The molecule has 0 saturated carbocycles. The van der Waals surface area contributed by atoms with E-state index in [0.717, 1.165) is 23.4 Å². The highest BCUT2D eigenvalue weighted by atomic mass is 16.5. The molecule has 0 saturated heterocycles. The predicted molar refractivity (Wildman–Crippen MR) is 75.6 cm³/mol. The van der Waals surface area contributed by atoms with Crippen molar-refractivity contribution in [3.63, 3.8) is 0 Å². The van der Waals surface area contributed by atoms with E-state index in [1.807, 2.05) is 37.3 Å². The van der Waals surface area contributed by atoms with Gasteiger partial charge in [-0.1, -0.05) is 18.2 Å².